The van der Waals surface area contributed by atoms with Gasteiger partial charge in [0.25, 0.3) is 5.91 Å². The number of nitriles is 1. The number of carbonyl (C=O) groups is 1. The topological polar surface area (TPSA) is 71.3 Å². The van der Waals surface area contributed by atoms with Gasteiger partial charge in [-0.2, -0.15) is 5.26 Å². The molecule has 3 aromatic rings. The Balaban J connectivity index is 1.79. The fourth-order valence-electron chi connectivity index (χ4n) is 3.55. The van der Waals surface area contributed by atoms with Gasteiger partial charge in [0.15, 0.2) is 11.5 Å². The van der Waals surface area contributed by atoms with Crippen molar-refractivity contribution in [3.63, 3.8) is 0 Å². The Hall–Kier alpha value is -4.11. The summed E-state index contributed by atoms with van der Waals surface area (Å²) >= 11 is 0. The number of benzene rings is 3. The fraction of sp³-hybridized carbons (Fsp3) is 0.185. The summed E-state index contributed by atoms with van der Waals surface area (Å²) in [4.78, 5) is 12.4. The quantitative estimate of drug-likeness (QED) is 0.365. The maximum atomic E-state index is 13.8. The lowest BCUT2D eigenvalue weighted by molar-refractivity contribution is -0.112. The van der Waals surface area contributed by atoms with Crippen LogP contribution in [0.5, 0.6) is 11.5 Å². The van der Waals surface area contributed by atoms with Gasteiger partial charge >= 0.3 is 0 Å². The average Bonchev–Trinajstić information content (AvgIpc) is 2.78. The third-order valence-electron chi connectivity index (χ3n) is 5.20. The normalized spacial score (nSPS) is 11.0. The van der Waals surface area contributed by atoms with E-state index in [4.69, 9.17) is 9.47 Å². The third-order valence-corrected chi connectivity index (χ3v) is 5.20. The molecule has 0 bridgehead atoms. The number of hydrogen-bond acceptors (Lipinski definition) is 4. The molecular formula is C27H25FN2O3. The van der Waals surface area contributed by atoms with Crippen LogP contribution in [0.4, 0.5) is 10.1 Å². The second-order valence-corrected chi connectivity index (χ2v) is 7.68. The van der Waals surface area contributed by atoms with Crippen molar-refractivity contribution in [1.82, 2.24) is 0 Å². The minimum absolute atomic E-state index is 0.00618. The number of nitrogens with one attached hydrogen (secondary N) is 1. The molecule has 0 aliphatic heterocycles. The SMILES string of the molecule is COc1cc(/C=C(\C#N)C(=O)Nc2ccccc2F)ccc1OCc1c(C)cc(C)cc1C. The van der Waals surface area contributed by atoms with E-state index in [9.17, 15) is 14.4 Å². The molecule has 0 unspecified atom stereocenters. The van der Waals surface area contributed by atoms with Crippen LogP contribution in [-0.4, -0.2) is 13.0 Å². The third kappa shape index (κ3) is 5.78. The van der Waals surface area contributed by atoms with E-state index >= 15 is 0 Å². The minimum atomic E-state index is -0.702. The molecule has 0 fully saturated rings. The Kier molecular flexibility index (Phi) is 7.47. The molecule has 0 saturated carbocycles. The van der Waals surface area contributed by atoms with E-state index in [0.29, 0.717) is 23.7 Å². The second kappa shape index (κ2) is 10.5. The van der Waals surface area contributed by atoms with Crippen molar-refractivity contribution < 1.29 is 18.7 Å². The van der Waals surface area contributed by atoms with Crippen LogP contribution in [0, 0.1) is 37.9 Å². The second-order valence-electron chi connectivity index (χ2n) is 7.68. The lowest BCUT2D eigenvalue weighted by Gasteiger charge is -2.15. The molecule has 3 rings (SSSR count). The van der Waals surface area contributed by atoms with E-state index in [1.54, 1.807) is 24.3 Å². The molecule has 3 aromatic carbocycles. The largest absolute Gasteiger partial charge is 0.493 e. The highest BCUT2D eigenvalue weighted by Crippen LogP contribution is 2.30. The molecule has 0 atom stereocenters. The first-order chi connectivity index (χ1) is 15.8. The summed E-state index contributed by atoms with van der Waals surface area (Å²) in [5.41, 5.74) is 5.04. The first-order valence-electron chi connectivity index (χ1n) is 10.4. The highest BCUT2D eigenvalue weighted by molar-refractivity contribution is 6.09. The number of hydrogen-bond donors (Lipinski definition) is 1. The number of halogens is 1. The predicted octanol–water partition coefficient (Wildman–Crippen LogP) is 5.88. The van der Waals surface area contributed by atoms with Crippen molar-refractivity contribution in [2.24, 2.45) is 0 Å². The zero-order chi connectivity index (χ0) is 24.0. The van der Waals surface area contributed by atoms with Gasteiger partial charge in [0, 0.05) is 0 Å². The molecule has 168 valence electrons. The van der Waals surface area contributed by atoms with Crippen LogP contribution in [0.15, 0.2) is 60.2 Å². The Morgan fingerprint density at radius 2 is 1.76 bits per heavy atom. The van der Waals surface area contributed by atoms with E-state index < -0.39 is 11.7 Å². The molecule has 5 nitrogen and oxygen atoms in total. The van der Waals surface area contributed by atoms with Crippen molar-refractivity contribution in [2.75, 3.05) is 12.4 Å². The van der Waals surface area contributed by atoms with Crippen LogP contribution in [-0.2, 0) is 11.4 Å². The van der Waals surface area contributed by atoms with Gasteiger partial charge in [-0.15, -0.1) is 0 Å². The lowest BCUT2D eigenvalue weighted by Crippen LogP contribution is -2.14. The van der Waals surface area contributed by atoms with E-state index in [1.165, 1.54) is 36.9 Å². The smallest absolute Gasteiger partial charge is 0.266 e. The monoisotopic (exact) mass is 444 g/mol. The average molecular weight is 445 g/mol. The Morgan fingerprint density at radius 1 is 1.06 bits per heavy atom. The van der Waals surface area contributed by atoms with Gasteiger partial charge in [-0.3, -0.25) is 4.79 Å². The predicted molar refractivity (Wildman–Crippen MR) is 127 cm³/mol. The summed E-state index contributed by atoms with van der Waals surface area (Å²) in [7, 11) is 1.52. The number of amides is 1. The molecule has 0 aromatic heterocycles. The summed E-state index contributed by atoms with van der Waals surface area (Å²) < 4.78 is 25.3. The van der Waals surface area contributed by atoms with Gasteiger partial charge in [-0.1, -0.05) is 35.9 Å². The lowest BCUT2D eigenvalue weighted by atomic mass is 10.0. The molecular weight excluding hydrogens is 419 g/mol. The number of methoxy groups -OCH3 is 1. The van der Waals surface area contributed by atoms with Crippen LogP contribution >= 0.6 is 0 Å². The van der Waals surface area contributed by atoms with Crippen molar-refractivity contribution in [3.8, 4) is 17.6 Å². The molecule has 6 heteroatoms. The highest BCUT2D eigenvalue weighted by Gasteiger charge is 2.13. The standard InChI is InChI=1S/C27H25FN2O3/c1-17-11-18(2)22(19(3)12-17)16-33-25-10-9-20(14-26(25)32-4)13-21(15-29)27(31)30-24-8-6-5-7-23(24)28/h5-14H,16H2,1-4H3,(H,30,31)/b21-13+. The Labute approximate surface area is 193 Å². The highest BCUT2D eigenvalue weighted by atomic mass is 19.1. The van der Waals surface area contributed by atoms with Gasteiger partial charge < -0.3 is 14.8 Å². The van der Waals surface area contributed by atoms with Crippen LogP contribution < -0.4 is 14.8 Å². The summed E-state index contributed by atoms with van der Waals surface area (Å²) in [6.07, 6.45) is 1.41. The Morgan fingerprint density at radius 3 is 2.39 bits per heavy atom. The number of anilines is 1. The molecule has 1 amide bonds. The van der Waals surface area contributed by atoms with Gasteiger partial charge in [0.05, 0.1) is 12.8 Å². The Bertz CT molecular complexity index is 1240. The summed E-state index contributed by atoms with van der Waals surface area (Å²) in [6, 6.07) is 17.0. The maximum Gasteiger partial charge on any atom is 0.266 e. The number of rotatable bonds is 7. The van der Waals surface area contributed by atoms with Gasteiger partial charge in [-0.05, 0) is 73.4 Å². The fourth-order valence-corrected chi connectivity index (χ4v) is 3.55. The molecule has 0 aliphatic carbocycles. The molecule has 0 saturated heterocycles. The summed E-state index contributed by atoms with van der Waals surface area (Å²) in [5.74, 6) is -0.265. The van der Waals surface area contributed by atoms with E-state index in [2.05, 4.69) is 38.2 Å². The van der Waals surface area contributed by atoms with E-state index in [0.717, 1.165) is 16.7 Å². The van der Waals surface area contributed by atoms with Crippen LogP contribution in [0.3, 0.4) is 0 Å². The molecule has 33 heavy (non-hydrogen) atoms. The minimum Gasteiger partial charge on any atom is -0.493 e. The number of nitrogens with zero attached hydrogens (tertiary/aromatic N) is 1. The van der Waals surface area contributed by atoms with Crippen molar-refractivity contribution in [1.29, 1.82) is 5.26 Å². The zero-order valence-electron chi connectivity index (χ0n) is 19.0. The van der Waals surface area contributed by atoms with Gasteiger partial charge in [-0.25, -0.2) is 4.39 Å². The molecule has 0 heterocycles. The summed E-state index contributed by atoms with van der Waals surface area (Å²) in [6.45, 7) is 6.56. The van der Waals surface area contributed by atoms with Crippen LogP contribution in [0.25, 0.3) is 6.08 Å². The molecule has 0 radical (unpaired) electrons. The van der Waals surface area contributed by atoms with Crippen molar-refractivity contribution in [2.45, 2.75) is 27.4 Å². The number of ether oxygens (including phenoxy) is 2. The van der Waals surface area contributed by atoms with Crippen LogP contribution in [0.1, 0.15) is 27.8 Å². The maximum absolute atomic E-state index is 13.8. The van der Waals surface area contributed by atoms with Crippen molar-refractivity contribution >= 4 is 17.7 Å². The van der Waals surface area contributed by atoms with E-state index in [-0.39, 0.29) is 11.3 Å². The first kappa shape index (κ1) is 23.6. The van der Waals surface area contributed by atoms with Crippen molar-refractivity contribution in [3.05, 3.63) is 93.8 Å². The van der Waals surface area contributed by atoms with E-state index in [1.807, 2.05) is 6.07 Å². The number of para-hydroxylation sites is 1. The zero-order valence-corrected chi connectivity index (χ0v) is 19.0. The van der Waals surface area contributed by atoms with Crippen LogP contribution in [0.2, 0.25) is 0 Å². The molecule has 0 aliphatic rings. The number of carbonyl (C=O) groups excluding carboxylic acids is 1. The summed E-state index contributed by atoms with van der Waals surface area (Å²) in [5, 5.41) is 11.9. The first-order valence-corrected chi connectivity index (χ1v) is 10.4. The van der Waals surface area contributed by atoms with Gasteiger partial charge in [0.2, 0.25) is 0 Å². The molecule has 0 spiro atoms. The molecule has 1 N–H and O–H groups in total. The number of aryl methyl sites for hydroxylation is 3. The van der Waals surface area contributed by atoms with Gasteiger partial charge in [0.1, 0.15) is 24.1 Å².